The quantitative estimate of drug-likeness (QED) is 0.256. The number of fused-ring (bicyclic) bond motifs is 2. The van der Waals surface area contributed by atoms with Gasteiger partial charge in [0, 0.05) is 35.8 Å². The van der Waals surface area contributed by atoms with Crippen molar-refractivity contribution in [3.8, 4) is 11.1 Å². The zero-order chi connectivity index (χ0) is 25.4. The van der Waals surface area contributed by atoms with Gasteiger partial charge in [-0.1, -0.05) is 60.2 Å². The highest BCUT2D eigenvalue weighted by atomic mass is 16.2. The Morgan fingerprint density at radius 1 is 0.919 bits per heavy atom. The molecular weight excluding hydrogens is 454 g/mol. The van der Waals surface area contributed by atoms with Crippen LogP contribution in [0.3, 0.4) is 0 Å². The Morgan fingerprint density at radius 3 is 2.54 bits per heavy atom. The average molecular weight is 485 g/mol. The van der Waals surface area contributed by atoms with Gasteiger partial charge in [-0.2, -0.15) is 0 Å². The van der Waals surface area contributed by atoms with Crippen LogP contribution in [0, 0.1) is 13.8 Å². The molecule has 5 aromatic rings. The number of aryl methyl sites for hydroxylation is 2. The summed E-state index contributed by atoms with van der Waals surface area (Å²) in [7, 11) is 0. The first-order valence-corrected chi connectivity index (χ1v) is 12.7. The number of amides is 1. The first-order valence-electron chi connectivity index (χ1n) is 12.7. The lowest BCUT2D eigenvalue weighted by Gasteiger charge is -2.35. The molecule has 0 saturated carbocycles. The van der Waals surface area contributed by atoms with Crippen LogP contribution in [0.15, 0.2) is 110 Å². The fourth-order valence-corrected chi connectivity index (χ4v) is 5.65. The zero-order valence-corrected chi connectivity index (χ0v) is 21.3. The van der Waals surface area contributed by atoms with E-state index in [-0.39, 0.29) is 10.4 Å². The lowest BCUT2D eigenvalue weighted by atomic mass is 9.96. The second-order valence-corrected chi connectivity index (χ2v) is 10.1. The van der Waals surface area contributed by atoms with Crippen LogP contribution >= 0.6 is 0 Å². The highest BCUT2D eigenvalue weighted by Crippen LogP contribution is 2.38. The van der Waals surface area contributed by atoms with Crippen molar-refractivity contribution in [3.05, 3.63) is 143 Å². The number of nitrogens with zero attached hydrogens (tertiary/aromatic N) is 3. The number of carbonyl (C=O) groups is 1. The van der Waals surface area contributed by atoms with Crippen LogP contribution in [0.2, 0.25) is 0 Å². The Bertz CT molecular complexity index is 1580. The van der Waals surface area contributed by atoms with E-state index in [9.17, 15) is 4.79 Å². The van der Waals surface area contributed by atoms with E-state index in [0.717, 1.165) is 40.2 Å². The molecule has 6 rings (SSSR count). The first kappa shape index (κ1) is 23.1. The molecule has 1 amide bonds. The summed E-state index contributed by atoms with van der Waals surface area (Å²) in [5.74, 6) is 0.101. The highest BCUT2D eigenvalue weighted by molar-refractivity contribution is 6.03. The van der Waals surface area contributed by atoms with Crippen LogP contribution in [-0.2, 0) is 19.6 Å². The molecule has 1 unspecified atom stereocenters. The Kier molecular flexibility index (Phi) is 5.82. The minimum Gasteiger partial charge on any atom is -0.342 e. The Hall–Kier alpha value is -4.28. The van der Waals surface area contributed by atoms with Crippen LogP contribution in [-0.4, -0.2) is 15.5 Å². The molecule has 0 saturated heterocycles. The average Bonchev–Trinajstić information content (AvgIpc) is 3.30. The number of pyridine rings is 1. The van der Waals surface area contributed by atoms with E-state index in [4.69, 9.17) is 0 Å². The molecule has 2 aromatic heterocycles. The first-order chi connectivity index (χ1) is 18.0. The predicted octanol–water partition coefficient (Wildman–Crippen LogP) is 7.08. The molecular formula is C33H30N3O+. The number of benzene rings is 3. The van der Waals surface area contributed by atoms with Crippen LogP contribution in [0.5, 0.6) is 0 Å². The van der Waals surface area contributed by atoms with Crippen LogP contribution < -0.4 is 4.48 Å². The molecule has 1 aliphatic heterocycles. The van der Waals surface area contributed by atoms with Gasteiger partial charge in [0.05, 0.1) is 17.8 Å². The number of aromatic nitrogens is 2. The van der Waals surface area contributed by atoms with Crippen molar-refractivity contribution >= 4 is 11.6 Å². The molecule has 4 nitrogen and oxygen atoms in total. The topological polar surface area (TPSA) is 34.9 Å². The van der Waals surface area contributed by atoms with Crippen molar-refractivity contribution in [3.63, 3.8) is 0 Å². The van der Waals surface area contributed by atoms with Crippen molar-refractivity contribution < 1.29 is 4.79 Å². The van der Waals surface area contributed by atoms with Gasteiger partial charge in [0.25, 0.3) is 0 Å². The third kappa shape index (κ3) is 4.20. The molecule has 4 heteroatoms. The minimum atomic E-state index is 0.101. The van der Waals surface area contributed by atoms with Gasteiger partial charge in [0.15, 0.2) is 0 Å². The van der Waals surface area contributed by atoms with Crippen molar-refractivity contribution in [2.24, 2.45) is 0 Å². The Morgan fingerprint density at radius 2 is 1.76 bits per heavy atom. The molecule has 1 aliphatic rings. The van der Waals surface area contributed by atoms with Gasteiger partial charge >= 0.3 is 5.91 Å². The SMILES string of the molecule is Cc1ccc(-c2ccc(C(=O)[N+]3(Cc4cccnc4)Cc4cccn4Cc4ccccc43)cc2C)cc1. The minimum absolute atomic E-state index is 0.101. The number of hydrogen-bond donors (Lipinski definition) is 0. The normalized spacial score (nSPS) is 16.5. The van der Waals surface area contributed by atoms with Gasteiger partial charge < -0.3 is 4.57 Å². The summed E-state index contributed by atoms with van der Waals surface area (Å²) in [6.07, 6.45) is 5.77. The maximum atomic E-state index is 14.8. The van der Waals surface area contributed by atoms with E-state index in [1.165, 1.54) is 16.7 Å². The molecule has 0 bridgehead atoms. The van der Waals surface area contributed by atoms with E-state index < -0.39 is 0 Å². The maximum Gasteiger partial charge on any atom is 0.351 e. The van der Waals surface area contributed by atoms with Crippen molar-refractivity contribution in [1.82, 2.24) is 14.0 Å². The third-order valence-corrected chi connectivity index (χ3v) is 7.55. The third-order valence-electron chi connectivity index (χ3n) is 7.55. The molecule has 37 heavy (non-hydrogen) atoms. The number of para-hydroxylation sites is 1. The fourth-order valence-electron chi connectivity index (χ4n) is 5.65. The van der Waals surface area contributed by atoms with Crippen LogP contribution in [0.4, 0.5) is 5.69 Å². The standard InChI is InChI=1S/C33H30N3O/c1-24-11-13-27(14-12-24)31-16-15-28(19-25(31)2)33(37)36(22-26-7-5-17-34-20-26)23-30-9-6-18-35(30)21-29-8-3-4-10-32(29)36/h3-20H,21-23H2,1-2H3/q+1. The van der Waals surface area contributed by atoms with Gasteiger partial charge in [0.2, 0.25) is 0 Å². The highest BCUT2D eigenvalue weighted by Gasteiger charge is 2.44. The van der Waals surface area contributed by atoms with Crippen molar-refractivity contribution in [1.29, 1.82) is 0 Å². The summed E-state index contributed by atoms with van der Waals surface area (Å²) in [4.78, 5) is 19.1. The predicted molar refractivity (Wildman–Crippen MR) is 149 cm³/mol. The summed E-state index contributed by atoms with van der Waals surface area (Å²) in [6, 6.07) is 31.3. The van der Waals surface area contributed by atoms with Gasteiger partial charge in [-0.3, -0.25) is 4.98 Å². The second-order valence-electron chi connectivity index (χ2n) is 10.1. The summed E-state index contributed by atoms with van der Waals surface area (Å²) in [5, 5.41) is 0. The Labute approximate surface area is 218 Å². The number of rotatable bonds is 4. The zero-order valence-electron chi connectivity index (χ0n) is 21.3. The molecule has 0 N–H and O–H groups in total. The summed E-state index contributed by atoms with van der Waals surface area (Å²) >= 11 is 0. The summed E-state index contributed by atoms with van der Waals surface area (Å²) in [5.41, 5.74) is 9.80. The van der Waals surface area contributed by atoms with E-state index in [0.29, 0.717) is 13.1 Å². The maximum absolute atomic E-state index is 14.8. The largest absolute Gasteiger partial charge is 0.351 e. The smallest absolute Gasteiger partial charge is 0.342 e. The molecule has 0 aliphatic carbocycles. The van der Waals surface area contributed by atoms with Crippen LogP contribution in [0.25, 0.3) is 11.1 Å². The molecule has 0 radical (unpaired) electrons. The summed E-state index contributed by atoms with van der Waals surface area (Å²) < 4.78 is 2.45. The number of carbonyl (C=O) groups excluding carboxylic acids is 1. The Balaban J connectivity index is 1.51. The molecule has 1 atom stereocenters. The lowest BCUT2D eigenvalue weighted by molar-refractivity contribution is 0.0736. The fraction of sp³-hybridized carbons (Fsp3) is 0.152. The van der Waals surface area contributed by atoms with Crippen LogP contribution in [0.1, 0.15) is 38.3 Å². The molecule has 0 fully saturated rings. The molecule has 0 spiro atoms. The van der Waals surface area contributed by atoms with E-state index in [1.807, 2.05) is 18.3 Å². The number of quaternary nitrogens is 1. The van der Waals surface area contributed by atoms with Gasteiger partial charge in [-0.05, 0) is 60.9 Å². The van der Waals surface area contributed by atoms with Gasteiger partial charge in [-0.15, -0.1) is 0 Å². The van der Waals surface area contributed by atoms with Crippen molar-refractivity contribution in [2.45, 2.75) is 33.5 Å². The van der Waals surface area contributed by atoms with E-state index in [1.54, 1.807) is 6.20 Å². The lowest BCUT2D eigenvalue weighted by Crippen LogP contribution is -2.53. The van der Waals surface area contributed by atoms with Gasteiger partial charge in [-0.25, -0.2) is 9.28 Å². The second kappa shape index (κ2) is 9.30. The van der Waals surface area contributed by atoms with E-state index >= 15 is 0 Å². The molecule has 3 aromatic carbocycles. The molecule has 182 valence electrons. The van der Waals surface area contributed by atoms with E-state index in [2.05, 4.69) is 108 Å². The van der Waals surface area contributed by atoms with Crippen molar-refractivity contribution in [2.75, 3.05) is 0 Å². The molecule has 3 heterocycles. The monoisotopic (exact) mass is 484 g/mol. The number of hydrogen-bond acceptors (Lipinski definition) is 2. The van der Waals surface area contributed by atoms with Gasteiger partial charge in [0.1, 0.15) is 18.8 Å². The summed E-state index contributed by atoms with van der Waals surface area (Å²) in [6.45, 7) is 6.06.